The summed E-state index contributed by atoms with van der Waals surface area (Å²) >= 11 is 0. The van der Waals surface area contributed by atoms with E-state index in [-0.39, 0.29) is 5.54 Å². The molecule has 114 valence electrons. The van der Waals surface area contributed by atoms with E-state index in [1.54, 1.807) is 0 Å². The molecule has 0 fully saturated rings. The van der Waals surface area contributed by atoms with Gasteiger partial charge < -0.3 is 10.4 Å². The summed E-state index contributed by atoms with van der Waals surface area (Å²) in [4.78, 5) is 0. The van der Waals surface area contributed by atoms with Crippen LogP contribution in [0.2, 0.25) is 0 Å². The van der Waals surface area contributed by atoms with Gasteiger partial charge in [0.05, 0.1) is 11.7 Å². The van der Waals surface area contributed by atoms with Crippen molar-refractivity contribution in [2.24, 2.45) is 0 Å². The van der Waals surface area contributed by atoms with E-state index in [1.165, 1.54) is 12.1 Å². The Hall–Kier alpha value is -1.07. The van der Waals surface area contributed by atoms with E-state index in [4.69, 9.17) is 0 Å². The number of aliphatic hydroxyl groups excluding tert-OH is 1. The van der Waals surface area contributed by atoms with E-state index in [0.717, 1.165) is 18.6 Å². The molecule has 0 radical (unpaired) electrons. The van der Waals surface area contributed by atoms with Gasteiger partial charge in [-0.15, -0.1) is 0 Å². The number of aliphatic hydroxyl groups is 1. The predicted molar refractivity (Wildman–Crippen MR) is 73.4 cm³/mol. The molecule has 2 N–H and O–H groups in total. The van der Waals surface area contributed by atoms with Crippen molar-refractivity contribution in [2.75, 3.05) is 6.54 Å². The van der Waals surface area contributed by atoms with Crippen LogP contribution >= 0.6 is 0 Å². The highest BCUT2D eigenvalue weighted by molar-refractivity contribution is 5.26. The zero-order valence-electron chi connectivity index (χ0n) is 12.1. The quantitative estimate of drug-likeness (QED) is 0.832. The van der Waals surface area contributed by atoms with Crippen molar-refractivity contribution >= 4 is 0 Å². The molecule has 1 aromatic rings. The Labute approximate surface area is 118 Å². The maximum Gasteiger partial charge on any atom is 0.416 e. The zero-order chi connectivity index (χ0) is 15.4. The van der Waals surface area contributed by atoms with Crippen LogP contribution in [0.4, 0.5) is 13.2 Å². The minimum atomic E-state index is -4.34. The van der Waals surface area contributed by atoms with Crippen LogP contribution in [-0.2, 0) is 6.18 Å². The predicted octanol–water partition coefficient (Wildman–Crippen LogP) is 3.91. The van der Waals surface area contributed by atoms with Gasteiger partial charge in [0.15, 0.2) is 0 Å². The second-order valence-corrected chi connectivity index (χ2v) is 5.59. The van der Waals surface area contributed by atoms with Gasteiger partial charge in [-0.1, -0.05) is 19.1 Å². The van der Waals surface area contributed by atoms with Gasteiger partial charge in [0, 0.05) is 5.54 Å². The van der Waals surface area contributed by atoms with Crippen LogP contribution < -0.4 is 5.32 Å². The highest BCUT2D eigenvalue weighted by atomic mass is 19.4. The van der Waals surface area contributed by atoms with Crippen molar-refractivity contribution in [1.82, 2.24) is 5.32 Å². The number of alkyl halides is 3. The van der Waals surface area contributed by atoms with Crippen LogP contribution in [0.25, 0.3) is 0 Å². The van der Waals surface area contributed by atoms with Gasteiger partial charge in [0.2, 0.25) is 0 Å². The fourth-order valence-electron chi connectivity index (χ4n) is 1.73. The lowest BCUT2D eigenvalue weighted by Gasteiger charge is -2.25. The lowest BCUT2D eigenvalue weighted by molar-refractivity contribution is -0.137. The van der Waals surface area contributed by atoms with Crippen molar-refractivity contribution in [3.8, 4) is 0 Å². The first kappa shape index (κ1) is 17.0. The number of rotatable bonds is 6. The fraction of sp³-hybridized carbons (Fsp3) is 0.600. The molecule has 2 nitrogen and oxygen atoms in total. The molecule has 1 aromatic carbocycles. The van der Waals surface area contributed by atoms with Gasteiger partial charge in [0.25, 0.3) is 0 Å². The van der Waals surface area contributed by atoms with Crippen LogP contribution in [0.1, 0.15) is 50.8 Å². The molecular weight excluding hydrogens is 267 g/mol. The van der Waals surface area contributed by atoms with Crippen LogP contribution in [0.5, 0.6) is 0 Å². The summed E-state index contributed by atoms with van der Waals surface area (Å²) in [6.45, 7) is 6.82. The molecule has 5 heteroatoms. The summed E-state index contributed by atoms with van der Waals surface area (Å²) in [6, 6.07) is 4.67. The van der Waals surface area contributed by atoms with E-state index < -0.39 is 17.8 Å². The van der Waals surface area contributed by atoms with Gasteiger partial charge in [-0.05, 0) is 50.9 Å². The first-order chi connectivity index (χ1) is 9.15. The van der Waals surface area contributed by atoms with Crippen molar-refractivity contribution in [2.45, 2.75) is 51.4 Å². The summed E-state index contributed by atoms with van der Waals surface area (Å²) < 4.78 is 37.3. The molecule has 0 aliphatic rings. The summed E-state index contributed by atoms with van der Waals surface area (Å²) in [5.74, 6) is 0. The average molecular weight is 289 g/mol. The molecule has 1 unspecified atom stereocenters. The van der Waals surface area contributed by atoms with Crippen molar-refractivity contribution in [3.63, 3.8) is 0 Å². The third-order valence-electron chi connectivity index (χ3n) is 3.53. The maximum atomic E-state index is 12.4. The second-order valence-electron chi connectivity index (χ2n) is 5.59. The first-order valence-corrected chi connectivity index (χ1v) is 6.76. The van der Waals surface area contributed by atoms with Crippen LogP contribution in [0.15, 0.2) is 24.3 Å². The highest BCUT2D eigenvalue weighted by Gasteiger charge is 2.30. The molecule has 1 atom stereocenters. The van der Waals surface area contributed by atoms with Crippen molar-refractivity contribution < 1.29 is 18.3 Å². The molecule has 0 saturated carbocycles. The van der Waals surface area contributed by atoms with E-state index in [2.05, 4.69) is 26.1 Å². The van der Waals surface area contributed by atoms with Crippen LogP contribution in [0.3, 0.4) is 0 Å². The molecule has 0 aromatic heterocycles. The fourth-order valence-corrected chi connectivity index (χ4v) is 1.73. The summed E-state index contributed by atoms with van der Waals surface area (Å²) in [5.41, 5.74) is -0.187. The molecule has 0 heterocycles. The number of hydrogen-bond acceptors (Lipinski definition) is 2. The third kappa shape index (κ3) is 5.13. The molecular formula is C15H22F3NO. The monoisotopic (exact) mass is 289 g/mol. The number of nitrogens with one attached hydrogen (secondary N) is 1. The van der Waals surface area contributed by atoms with E-state index in [0.29, 0.717) is 18.5 Å². The first-order valence-electron chi connectivity index (χ1n) is 6.76. The van der Waals surface area contributed by atoms with Crippen molar-refractivity contribution in [3.05, 3.63) is 35.4 Å². The Kier molecular flexibility index (Phi) is 5.59. The standard InChI is InChI=1S/C15H22F3NO/c1-4-14(2,3)19-10-9-13(20)11-5-7-12(8-6-11)15(16,17)18/h5-8,13,19-20H,4,9-10H2,1-3H3. The third-order valence-corrected chi connectivity index (χ3v) is 3.53. The lowest BCUT2D eigenvalue weighted by Crippen LogP contribution is -2.39. The molecule has 20 heavy (non-hydrogen) atoms. The Balaban J connectivity index is 2.54. The molecule has 1 rings (SSSR count). The molecule has 0 aliphatic heterocycles. The number of benzene rings is 1. The van der Waals surface area contributed by atoms with Gasteiger partial charge in [-0.3, -0.25) is 0 Å². The smallest absolute Gasteiger partial charge is 0.388 e. The van der Waals surface area contributed by atoms with Gasteiger partial charge in [-0.2, -0.15) is 13.2 Å². The Morgan fingerprint density at radius 3 is 2.15 bits per heavy atom. The van der Waals surface area contributed by atoms with Gasteiger partial charge in [-0.25, -0.2) is 0 Å². The Morgan fingerprint density at radius 2 is 1.70 bits per heavy atom. The van der Waals surface area contributed by atoms with Gasteiger partial charge >= 0.3 is 6.18 Å². The molecule has 0 saturated heterocycles. The van der Waals surface area contributed by atoms with Crippen LogP contribution in [0, 0.1) is 0 Å². The van der Waals surface area contributed by atoms with E-state index >= 15 is 0 Å². The topological polar surface area (TPSA) is 32.3 Å². The molecule has 0 amide bonds. The minimum Gasteiger partial charge on any atom is -0.388 e. The average Bonchev–Trinajstić information content (AvgIpc) is 2.37. The molecule has 0 aliphatic carbocycles. The van der Waals surface area contributed by atoms with E-state index in [9.17, 15) is 18.3 Å². The maximum absolute atomic E-state index is 12.4. The molecule has 0 bridgehead atoms. The van der Waals surface area contributed by atoms with Crippen molar-refractivity contribution in [1.29, 1.82) is 0 Å². The summed E-state index contributed by atoms with van der Waals surface area (Å²) in [7, 11) is 0. The van der Waals surface area contributed by atoms with E-state index in [1.807, 2.05) is 0 Å². The second kappa shape index (κ2) is 6.59. The number of hydrogen-bond donors (Lipinski definition) is 2. The minimum absolute atomic E-state index is 0.000137. The largest absolute Gasteiger partial charge is 0.416 e. The highest BCUT2D eigenvalue weighted by Crippen LogP contribution is 2.30. The lowest BCUT2D eigenvalue weighted by atomic mass is 10.0. The van der Waals surface area contributed by atoms with Crippen LogP contribution in [-0.4, -0.2) is 17.2 Å². The number of halogens is 3. The molecule has 0 spiro atoms. The Bertz CT molecular complexity index is 412. The summed E-state index contributed by atoms with van der Waals surface area (Å²) in [5, 5.41) is 13.3. The van der Waals surface area contributed by atoms with Gasteiger partial charge in [0.1, 0.15) is 0 Å². The summed E-state index contributed by atoms with van der Waals surface area (Å²) in [6.07, 6.45) is -3.66. The SMILES string of the molecule is CCC(C)(C)NCCC(O)c1ccc(C(F)(F)F)cc1. The Morgan fingerprint density at radius 1 is 1.15 bits per heavy atom. The zero-order valence-corrected chi connectivity index (χ0v) is 12.1. The normalized spacial score (nSPS) is 14.3.